The van der Waals surface area contributed by atoms with Gasteiger partial charge in [-0.2, -0.15) is 5.10 Å². The first-order valence-electron chi connectivity index (χ1n) is 5.72. The summed E-state index contributed by atoms with van der Waals surface area (Å²) in [4.78, 5) is 4.44. The summed E-state index contributed by atoms with van der Waals surface area (Å²) in [7, 11) is 0. The van der Waals surface area contributed by atoms with Crippen molar-refractivity contribution in [3.63, 3.8) is 0 Å². The standard InChI is InChI=1S/C12H14N4O/c17-10-3-1-2-9(5-10)12-14-11(15-16-12)4-8-6-13-7-8/h1-3,5,8,13,17H,4,6-7H2,(H,14,15,16). The SMILES string of the molecule is Oc1cccc(-c2n[nH]c(CC3CNC3)n2)c1. The molecule has 5 heteroatoms. The average Bonchev–Trinajstić information content (AvgIpc) is 2.72. The topological polar surface area (TPSA) is 73.8 Å². The van der Waals surface area contributed by atoms with Gasteiger partial charge in [0.2, 0.25) is 0 Å². The van der Waals surface area contributed by atoms with Crippen LogP contribution in [0.2, 0.25) is 0 Å². The summed E-state index contributed by atoms with van der Waals surface area (Å²) in [5.41, 5.74) is 0.833. The number of hydrogen-bond acceptors (Lipinski definition) is 4. The highest BCUT2D eigenvalue weighted by Gasteiger charge is 2.19. The minimum atomic E-state index is 0.233. The van der Waals surface area contributed by atoms with Gasteiger partial charge in [-0.1, -0.05) is 12.1 Å². The molecule has 2 aromatic rings. The van der Waals surface area contributed by atoms with Gasteiger partial charge in [-0.05, 0) is 31.1 Å². The zero-order valence-electron chi connectivity index (χ0n) is 9.35. The van der Waals surface area contributed by atoms with Gasteiger partial charge in [0.25, 0.3) is 0 Å². The van der Waals surface area contributed by atoms with Crippen molar-refractivity contribution in [1.29, 1.82) is 0 Å². The van der Waals surface area contributed by atoms with E-state index in [2.05, 4.69) is 20.5 Å². The van der Waals surface area contributed by atoms with Gasteiger partial charge in [0.1, 0.15) is 11.6 Å². The maximum Gasteiger partial charge on any atom is 0.181 e. The van der Waals surface area contributed by atoms with Crippen molar-refractivity contribution >= 4 is 0 Å². The summed E-state index contributed by atoms with van der Waals surface area (Å²) in [6, 6.07) is 6.98. The fraction of sp³-hybridized carbons (Fsp3) is 0.333. The number of benzene rings is 1. The number of rotatable bonds is 3. The van der Waals surface area contributed by atoms with Crippen molar-refractivity contribution in [1.82, 2.24) is 20.5 Å². The first-order valence-corrected chi connectivity index (χ1v) is 5.72. The quantitative estimate of drug-likeness (QED) is 0.733. The molecule has 3 rings (SSSR count). The van der Waals surface area contributed by atoms with Crippen molar-refractivity contribution in [3.8, 4) is 17.1 Å². The number of phenols is 1. The van der Waals surface area contributed by atoms with E-state index in [1.54, 1.807) is 18.2 Å². The maximum atomic E-state index is 9.40. The molecule has 0 saturated carbocycles. The number of phenolic OH excluding ortho intramolecular Hbond substituents is 1. The second-order valence-corrected chi connectivity index (χ2v) is 4.38. The van der Waals surface area contributed by atoms with Gasteiger partial charge in [0, 0.05) is 12.0 Å². The molecule has 0 spiro atoms. The van der Waals surface area contributed by atoms with Crippen LogP contribution >= 0.6 is 0 Å². The van der Waals surface area contributed by atoms with Crippen LogP contribution in [0.3, 0.4) is 0 Å². The Bertz CT molecular complexity index is 519. The number of aromatic hydroxyl groups is 1. The molecule has 0 bridgehead atoms. The van der Waals surface area contributed by atoms with Crippen LogP contribution in [0.25, 0.3) is 11.4 Å². The normalized spacial score (nSPS) is 15.8. The second kappa shape index (κ2) is 4.18. The maximum absolute atomic E-state index is 9.40. The van der Waals surface area contributed by atoms with E-state index in [0.29, 0.717) is 11.7 Å². The number of nitrogens with one attached hydrogen (secondary N) is 2. The molecule has 1 aliphatic heterocycles. The van der Waals surface area contributed by atoms with Crippen molar-refractivity contribution in [2.75, 3.05) is 13.1 Å². The molecular formula is C12H14N4O. The lowest BCUT2D eigenvalue weighted by atomic mass is 9.99. The smallest absolute Gasteiger partial charge is 0.181 e. The number of hydrogen-bond donors (Lipinski definition) is 3. The molecule has 2 heterocycles. The van der Waals surface area contributed by atoms with Crippen molar-refractivity contribution < 1.29 is 5.11 Å². The molecule has 1 fully saturated rings. The lowest BCUT2D eigenvalue weighted by Crippen LogP contribution is -2.43. The average molecular weight is 230 g/mol. The highest BCUT2D eigenvalue weighted by molar-refractivity contribution is 5.56. The van der Waals surface area contributed by atoms with Crippen LogP contribution < -0.4 is 5.32 Å². The molecule has 0 amide bonds. The third-order valence-electron chi connectivity index (χ3n) is 2.98. The van der Waals surface area contributed by atoms with Gasteiger partial charge in [0.05, 0.1) is 0 Å². The highest BCUT2D eigenvalue weighted by Crippen LogP contribution is 2.20. The van der Waals surface area contributed by atoms with E-state index >= 15 is 0 Å². The van der Waals surface area contributed by atoms with E-state index in [0.717, 1.165) is 30.9 Å². The monoisotopic (exact) mass is 230 g/mol. The van der Waals surface area contributed by atoms with Gasteiger partial charge in [-0.3, -0.25) is 5.10 Å². The molecule has 88 valence electrons. The fourth-order valence-corrected chi connectivity index (χ4v) is 1.93. The summed E-state index contributed by atoms with van der Waals surface area (Å²) in [5.74, 6) is 2.45. The summed E-state index contributed by atoms with van der Waals surface area (Å²) in [5, 5.41) is 19.8. The summed E-state index contributed by atoms with van der Waals surface area (Å²) >= 11 is 0. The number of nitrogens with zero attached hydrogens (tertiary/aromatic N) is 2. The van der Waals surface area contributed by atoms with Gasteiger partial charge in [-0.25, -0.2) is 4.98 Å². The Morgan fingerprint density at radius 2 is 2.24 bits per heavy atom. The van der Waals surface area contributed by atoms with Crippen LogP contribution in [0, 0.1) is 5.92 Å². The van der Waals surface area contributed by atoms with E-state index in [1.165, 1.54) is 0 Å². The Labute approximate surface area is 98.9 Å². The highest BCUT2D eigenvalue weighted by atomic mass is 16.3. The van der Waals surface area contributed by atoms with E-state index in [9.17, 15) is 5.11 Å². The summed E-state index contributed by atoms with van der Waals surface area (Å²) < 4.78 is 0. The first-order chi connectivity index (χ1) is 8.31. The van der Waals surface area contributed by atoms with E-state index < -0.39 is 0 Å². The van der Waals surface area contributed by atoms with Gasteiger partial charge >= 0.3 is 0 Å². The Morgan fingerprint density at radius 3 is 2.94 bits per heavy atom. The van der Waals surface area contributed by atoms with Gasteiger partial charge in [-0.15, -0.1) is 0 Å². The zero-order chi connectivity index (χ0) is 11.7. The fourth-order valence-electron chi connectivity index (χ4n) is 1.93. The van der Waals surface area contributed by atoms with Crippen LogP contribution in [0.1, 0.15) is 5.82 Å². The predicted molar refractivity (Wildman–Crippen MR) is 63.5 cm³/mol. The first kappa shape index (κ1) is 10.3. The molecular weight excluding hydrogens is 216 g/mol. The molecule has 1 aliphatic rings. The summed E-state index contributed by atoms with van der Waals surface area (Å²) in [6.45, 7) is 2.12. The lowest BCUT2D eigenvalue weighted by Gasteiger charge is -2.25. The zero-order valence-corrected chi connectivity index (χ0v) is 9.35. The second-order valence-electron chi connectivity index (χ2n) is 4.38. The van der Waals surface area contributed by atoms with Crippen LogP contribution in [-0.4, -0.2) is 33.4 Å². The van der Waals surface area contributed by atoms with Crippen molar-refractivity contribution in [2.24, 2.45) is 5.92 Å². The van der Waals surface area contributed by atoms with Gasteiger partial charge < -0.3 is 10.4 Å². The minimum absolute atomic E-state index is 0.233. The van der Waals surface area contributed by atoms with Gasteiger partial charge in [0.15, 0.2) is 5.82 Å². The summed E-state index contributed by atoms with van der Waals surface area (Å²) in [6.07, 6.45) is 0.929. The Kier molecular flexibility index (Phi) is 2.53. The molecule has 1 aromatic carbocycles. The molecule has 0 radical (unpaired) electrons. The van der Waals surface area contributed by atoms with Crippen molar-refractivity contribution in [2.45, 2.75) is 6.42 Å². The van der Waals surface area contributed by atoms with E-state index in [4.69, 9.17) is 0 Å². The van der Waals surface area contributed by atoms with Crippen LogP contribution in [0.4, 0.5) is 0 Å². The number of aromatic nitrogens is 3. The Morgan fingerprint density at radius 1 is 1.35 bits per heavy atom. The number of aromatic amines is 1. The Hall–Kier alpha value is -1.88. The molecule has 3 N–H and O–H groups in total. The molecule has 5 nitrogen and oxygen atoms in total. The molecule has 1 saturated heterocycles. The van der Waals surface area contributed by atoms with Crippen LogP contribution in [-0.2, 0) is 6.42 Å². The Balaban J connectivity index is 1.79. The molecule has 0 aliphatic carbocycles. The molecule has 1 aromatic heterocycles. The minimum Gasteiger partial charge on any atom is -0.508 e. The molecule has 0 atom stereocenters. The third kappa shape index (κ3) is 2.14. The van der Waals surface area contributed by atoms with E-state index in [-0.39, 0.29) is 5.75 Å². The molecule has 0 unspecified atom stereocenters. The largest absolute Gasteiger partial charge is 0.508 e. The van der Waals surface area contributed by atoms with Crippen molar-refractivity contribution in [3.05, 3.63) is 30.1 Å². The lowest BCUT2D eigenvalue weighted by molar-refractivity contribution is 0.341. The molecule has 17 heavy (non-hydrogen) atoms. The van der Waals surface area contributed by atoms with Crippen LogP contribution in [0.5, 0.6) is 5.75 Å². The van der Waals surface area contributed by atoms with Crippen LogP contribution in [0.15, 0.2) is 24.3 Å². The predicted octanol–water partition coefficient (Wildman–Crippen LogP) is 0.939. The van der Waals surface area contributed by atoms with E-state index in [1.807, 2.05) is 6.07 Å². The third-order valence-corrected chi connectivity index (χ3v) is 2.98. The number of H-pyrrole nitrogens is 1.